The standard InChI is InChI=1S/C13H23NO4/c1-12(2,3)18-11(17)14-9-6-5-7-13(4,8-9)10(15)16/h9H,5-8H2,1-4H3,(H,14,17)(H,15,16). The van der Waals surface area contributed by atoms with E-state index in [4.69, 9.17) is 4.74 Å². The molecule has 5 nitrogen and oxygen atoms in total. The molecule has 2 N–H and O–H groups in total. The number of nitrogens with one attached hydrogen (secondary N) is 1. The summed E-state index contributed by atoms with van der Waals surface area (Å²) in [6.45, 7) is 7.14. The van der Waals surface area contributed by atoms with Gasteiger partial charge in [0, 0.05) is 6.04 Å². The lowest BCUT2D eigenvalue weighted by Crippen LogP contribution is -2.45. The lowest BCUT2D eigenvalue weighted by Gasteiger charge is -2.35. The van der Waals surface area contributed by atoms with Gasteiger partial charge in [-0.05, 0) is 47.0 Å². The van der Waals surface area contributed by atoms with Crippen molar-refractivity contribution in [1.29, 1.82) is 0 Å². The smallest absolute Gasteiger partial charge is 0.407 e. The minimum Gasteiger partial charge on any atom is -0.481 e. The lowest BCUT2D eigenvalue weighted by molar-refractivity contribution is -0.150. The molecule has 0 aliphatic heterocycles. The molecule has 2 atom stereocenters. The second-order valence-corrected chi connectivity index (χ2v) is 6.31. The van der Waals surface area contributed by atoms with Crippen LogP contribution in [0.25, 0.3) is 0 Å². The van der Waals surface area contributed by atoms with Gasteiger partial charge in [0.05, 0.1) is 5.41 Å². The number of carboxylic acid groups (broad SMARTS) is 1. The first-order chi connectivity index (χ1) is 8.12. The van der Waals surface area contributed by atoms with Crippen LogP contribution in [0.3, 0.4) is 0 Å². The van der Waals surface area contributed by atoms with Crippen molar-refractivity contribution in [3.05, 3.63) is 0 Å². The van der Waals surface area contributed by atoms with Crippen molar-refractivity contribution in [3.63, 3.8) is 0 Å². The first-order valence-electron chi connectivity index (χ1n) is 6.35. The molecule has 2 unspecified atom stereocenters. The van der Waals surface area contributed by atoms with Gasteiger partial charge in [-0.3, -0.25) is 4.79 Å². The number of aliphatic carboxylic acids is 1. The molecule has 18 heavy (non-hydrogen) atoms. The summed E-state index contributed by atoms with van der Waals surface area (Å²) >= 11 is 0. The molecule has 0 aromatic carbocycles. The zero-order chi connectivity index (χ0) is 14.0. The fourth-order valence-electron chi connectivity index (χ4n) is 2.28. The third-order valence-electron chi connectivity index (χ3n) is 3.22. The van der Waals surface area contributed by atoms with Gasteiger partial charge in [-0.2, -0.15) is 0 Å². The van der Waals surface area contributed by atoms with Crippen LogP contribution in [0.1, 0.15) is 53.4 Å². The molecular formula is C13H23NO4. The summed E-state index contributed by atoms with van der Waals surface area (Å²) in [4.78, 5) is 22.8. The Morgan fingerprint density at radius 2 is 2.00 bits per heavy atom. The van der Waals surface area contributed by atoms with Gasteiger partial charge in [0.2, 0.25) is 0 Å². The number of ether oxygens (including phenoxy) is 1. The summed E-state index contributed by atoms with van der Waals surface area (Å²) in [6, 6.07) is -0.116. The highest BCUT2D eigenvalue weighted by atomic mass is 16.6. The Bertz CT molecular complexity index is 334. The maximum atomic E-state index is 11.6. The molecule has 1 fully saturated rings. The van der Waals surface area contributed by atoms with Crippen LogP contribution in [0.2, 0.25) is 0 Å². The number of amides is 1. The minimum atomic E-state index is -0.793. The van der Waals surface area contributed by atoms with Gasteiger partial charge < -0.3 is 15.2 Å². The average molecular weight is 257 g/mol. The van der Waals surface area contributed by atoms with E-state index in [9.17, 15) is 14.7 Å². The first-order valence-corrected chi connectivity index (χ1v) is 6.35. The molecule has 1 amide bonds. The van der Waals surface area contributed by atoms with Crippen molar-refractivity contribution in [1.82, 2.24) is 5.32 Å². The van der Waals surface area contributed by atoms with Crippen molar-refractivity contribution in [3.8, 4) is 0 Å². The molecule has 0 spiro atoms. The summed E-state index contributed by atoms with van der Waals surface area (Å²) in [5.74, 6) is -0.793. The van der Waals surface area contributed by atoms with Crippen molar-refractivity contribution < 1.29 is 19.4 Å². The fraction of sp³-hybridized carbons (Fsp3) is 0.846. The van der Waals surface area contributed by atoms with Crippen molar-refractivity contribution in [2.24, 2.45) is 5.41 Å². The third-order valence-corrected chi connectivity index (χ3v) is 3.22. The Morgan fingerprint density at radius 1 is 1.39 bits per heavy atom. The van der Waals surface area contributed by atoms with Gasteiger partial charge in [-0.1, -0.05) is 6.42 Å². The summed E-state index contributed by atoms with van der Waals surface area (Å²) in [7, 11) is 0. The Kier molecular flexibility index (Phi) is 4.24. The van der Waals surface area contributed by atoms with Gasteiger partial charge in [0.15, 0.2) is 0 Å². The molecule has 0 saturated heterocycles. The van der Waals surface area contributed by atoms with E-state index in [0.717, 1.165) is 12.8 Å². The maximum absolute atomic E-state index is 11.6. The Hall–Kier alpha value is -1.26. The molecule has 0 radical (unpaired) electrons. The van der Waals surface area contributed by atoms with E-state index in [1.807, 2.05) is 0 Å². The maximum Gasteiger partial charge on any atom is 0.407 e. The van der Waals surface area contributed by atoms with Crippen LogP contribution < -0.4 is 5.32 Å². The quantitative estimate of drug-likeness (QED) is 0.797. The monoisotopic (exact) mass is 257 g/mol. The van der Waals surface area contributed by atoms with Gasteiger partial charge in [-0.25, -0.2) is 4.79 Å². The van der Waals surface area contributed by atoms with Gasteiger partial charge in [-0.15, -0.1) is 0 Å². The van der Waals surface area contributed by atoms with Crippen molar-refractivity contribution in [2.45, 2.75) is 65.0 Å². The van der Waals surface area contributed by atoms with Gasteiger partial charge in [0.25, 0.3) is 0 Å². The lowest BCUT2D eigenvalue weighted by atomic mass is 9.73. The fourth-order valence-corrected chi connectivity index (χ4v) is 2.28. The molecule has 1 aliphatic rings. The molecule has 1 saturated carbocycles. The molecule has 0 bridgehead atoms. The number of hydrogen-bond donors (Lipinski definition) is 2. The Labute approximate surface area is 108 Å². The third kappa shape index (κ3) is 4.20. The number of carbonyl (C=O) groups excluding carboxylic acids is 1. The predicted octanol–water partition coefficient (Wildman–Crippen LogP) is 2.54. The predicted molar refractivity (Wildman–Crippen MR) is 67.4 cm³/mol. The zero-order valence-electron chi connectivity index (χ0n) is 11.6. The summed E-state index contributed by atoms with van der Waals surface area (Å²) in [5.41, 5.74) is -1.27. The Morgan fingerprint density at radius 3 is 2.50 bits per heavy atom. The number of alkyl carbamates (subject to hydrolysis) is 1. The number of carboxylic acids is 1. The molecular weight excluding hydrogens is 234 g/mol. The second kappa shape index (κ2) is 5.16. The molecule has 104 valence electrons. The van der Waals surface area contributed by atoms with Crippen LogP contribution >= 0.6 is 0 Å². The van der Waals surface area contributed by atoms with E-state index in [-0.39, 0.29) is 6.04 Å². The van der Waals surface area contributed by atoms with Crippen LogP contribution in [-0.2, 0) is 9.53 Å². The highest BCUT2D eigenvalue weighted by molar-refractivity contribution is 5.74. The molecule has 0 heterocycles. The van der Waals surface area contributed by atoms with E-state index < -0.39 is 23.1 Å². The van der Waals surface area contributed by atoms with Crippen LogP contribution in [-0.4, -0.2) is 28.8 Å². The first kappa shape index (κ1) is 14.8. The van der Waals surface area contributed by atoms with Crippen LogP contribution in [0.4, 0.5) is 4.79 Å². The van der Waals surface area contributed by atoms with Crippen LogP contribution in [0.5, 0.6) is 0 Å². The van der Waals surface area contributed by atoms with E-state index in [2.05, 4.69) is 5.32 Å². The molecule has 0 aromatic heterocycles. The summed E-state index contributed by atoms with van der Waals surface area (Å²) < 4.78 is 5.17. The average Bonchev–Trinajstić information content (AvgIpc) is 2.13. The van der Waals surface area contributed by atoms with Crippen LogP contribution in [0.15, 0.2) is 0 Å². The molecule has 0 aromatic rings. The minimum absolute atomic E-state index is 0.116. The molecule has 1 aliphatic carbocycles. The van der Waals surface area contributed by atoms with Crippen LogP contribution in [0, 0.1) is 5.41 Å². The van der Waals surface area contributed by atoms with E-state index >= 15 is 0 Å². The van der Waals surface area contributed by atoms with E-state index in [1.165, 1.54) is 0 Å². The SMILES string of the molecule is CC(C)(C)OC(=O)NC1CCCC(C)(C(=O)O)C1. The zero-order valence-corrected chi connectivity index (χ0v) is 11.6. The van der Waals surface area contributed by atoms with E-state index in [1.54, 1.807) is 27.7 Å². The highest BCUT2D eigenvalue weighted by Gasteiger charge is 2.39. The van der Waals surface area contributed by atoms with Crippen molar-refractivity contribution in [2.75, 3.05) is 0 Å². The number of carbonyl (C=O) groups is 2. The summed E-state index contributed by atoms with van der Waals surface area (Å²) in [6.07, 6.45) is 2.27. The van der Waals surface area contributed by atoms with Gasteiger partial charge in [0.1, 0.15) is 5.60 Å². The largest absolute Gasteiger partial charge is 0.481 e. The van der Waals surface area contributed by atoms with Gasteiger partial charge >= 0.3 is 12.1 Å². The normalized spacial score (nSPS) is 28.6. The van der Waals surface area contributed by atoms with E-state index in [0.29, 0.717) is 12.8 Å². The topological polar surface area (TPSA) is 75.6 Å². The number of hydrogen-bond acceptors (Lipinski definition) is 3. The number of rotatable bonds is 2. The Balaban J connectivity index is 2.53. The molecule has 5 heteroatoms. The second-order valence-electron chi connectivity index (χ2n) is 6.31. The van der Waals surface area contributed by atoms with Crippen molar-refractivity contribution >= 4 is 12.1 Å². The summed E-state index contributed by atoms with van der Waals surface area (Å²) in [5, 5.41) is 12.0. The molecule has 1 rings (SSSR count). The highest BCUT2D eigenvalue weighted by Crippen LogP contribution is 2.36.